The van der Waals surface area contributed by atoms with E-state index >= 15 is 0 Å². The minimum Gasteiger partial charge on any atom is -0.490 e. The number of hydrogen-bond acceptors (Lipinski definition) is 7. The van der Waals surface area contributed by atoms with Gasteiger partial charge in [0, 0.05) is 17.2 Å². The number of carbonyl (C=O) groups excluding carboxylic acids is 2. The smallest absolute Gasteiger partial charge is 0.339 e. The summed E-state index contributed by atoms with van der Waals surface area (Å²) < 4.78 is 10.7. The van der Waals surface area contributed by atoms with Crippen molar-refractivity contribution in [3.8, 4) is 11.8 Å². The van der Waals surface area contributed by atoms with Crippen LogP contribution in [-0.2, 0) is 4.74 Å². The lowest BCUT2D eigenvalue weighted by Gasteiger charge is -2.10. The van der Waals surface area contributed by atoms with Crippen molar-refractivity contribution in [1.82, 2.24) is 0 Å². The molecule has 0 saturated carbocycles. The number of hydrogen-bond donors (Lipinski definition) is 0. The van der Waals surface area contributed by atoms with Crippen molar-refractivity contribution >= 4 is 29.0 Å². The van der Waals surface area contributed by atoms with Crippen LogP contribution in [0.1, 0.15) is 31.8 Å². The number of nitro benzene ring substituents is 1. The van der Waals surface area contributed by atoms with Crippen LogP contribution in [0, 0.1) is 21.4 Å². The van der Waals surface area contributed by atoms with E-state index in [0.29, 0.717) is 11.3 Å². The Morgan fingerprint density at radius 3 is 2.34 bits per heavy atom. The monoisotopic (exact) mass is 450 g/mol. The fourth-order valence-electron chi connectivity index (χ4n) is 2.81. The molecule has 0 unspecified atom stereocenters. The lowest BCUT2D eigenvalue weighted by atomic mass is 9.98. The predicted molar refractivity (Wildman–Crippen MR) is 115 cm³/mol. The molecule has 3 aromatic carbocycles. The molecular formula is C23H15ClN2O6. The van der Waals surface area contributed by atoms with E-state index in [1.54, 1.807) is 36.4 Å². The molecule has 3 rings (SSSR count). The van der Waals surface area contributed by atoms with E-state index in [1.807, 2.05) is 6.07 Å². The van der Waals surface area contributed by atoms with Gasteiger partial charge in [-0.15, -0.1) is 0 Å². The quantitative estimate of drug-likeness (QED) is 0.162. The molecule has 0 atom stereocenters. The summed E-state index contributed by atoms with van der Waals surface area (Å²) in [5.41, 5.74) is 0.176. The molecule has 0 aliphatic carbocycles. The standard InChI is InChI=1S/C23H15ClN2O6/c24-20-10-7-16(13-21(20)26(29)30)22(27)18-3-1-2-4-19(18)23(28)32-12-11-31-17-8-5-15(14-25)6-9-17/h1-10,13H,11-12H2. The van der Waals surface area contributed by atoms with Crippen molar-refractivity contribution < 1.29 is 24.0 Å². The lowest BCUT2D eigenvalue weighted by molar-refractivity contribution is -0.384. The lowest BCUT2D eigenvalue weighted by Crippen LogP contribution is -2.16. The second kappa shape index (κ2) is 10.2. The number of nitriles is 1. The molecule has 0 spiro atoms. The van der Waals surface area contributed by atoms with Gasteiger partial charge in [-0.3, -0.25) is 14.9 Å². The van der Waals surface area contributed by atoms with Gasteiger partial charge in [0.05, 0.1) is 22.1 Å². The SMILES string of the molecule is N#Cc1ccc(OCCOC(=O)c2ccccc2C(=O)c2ccc(Cl)c([N+](=O)[O-])c2)cc1. The van der Waals surface area contributed by atoms with Crippen LogP contribution in [0.15, 0.2) is 66.7 Å². The number of nitrogens with zero attached hydrogens (tertiary/aromatic N) is 2. The van der Waals surface area contributed by atoms with Gasteiger partial charge in [-0.25, -0.2) is 4.79 Å². The number of benzene rings is 3. The Balaban J connectivity index is 1.68. The maximum absolute atomic E-state index is 12.9. The Morgan fingerprint density at radius 2 is 1.69 bits per heavy atom. The summed E-state index contributed by atoms with van der Waals surface area (Å²) in [7, 11) is 0. The molecule has 0 heterocycles. The highest BCUT2D eigenvalue weighted by Gasteiger charge is 2.22. The Hall–Kier alpha value is -4.22. The zero-order valence-corrected chi connectivity index (χ0v) is 17.2. The number of ketones is 1. The molecule has 0 aliphatic rings. The maximum atomic E-state index is 12.9. The minimum atomic E-state index is -0.735. The first kappa shape index (κ1) is 22.5. The van der Waals surface area contributed by atoms with Gasteiger partial charge in [0.25, 0.3) is 5.69 Å². The van der Waals surface area contributed by atoms with E-state index in [1.165, 1.54) is 24.3 Å². The van der Waals surface area contributed by atoms with Crippen LogP contribution >= 0.6 is 11.6 Å². The summed E-state index contributed by atoms with van der Waals surface area (Å²) in [5.74, 6) is -0.799. The summed E-state index contributed by atoms with van der Waals surface area (Å²) in [6, 6.07) is 18.1. The van der Waals surface area contributed by atoms with Gasteiger partial charge in [-0.1, -0.05) is 29.8 Å². The second-order valence-corrected chi connectivity index (χ2v) is 6.83. The summed E-state index contributed by atoms with van der Waals surface area (Å²) in [5, 5.41) is 19.8. The van der Waals surface area contributed by atoms with Crippen LogP contribution in [0.5, 0.6) is 5.75 Å². The van der Waals surface area contributed by atoms with Crippen LogP contribution in [0.4, 0.5) is 5.69 Å². The Labute approximate surface area is 187 Å². The summed E-state index contributed by atoms with van der Waals surface area (Å²) in [4.78, 5) is 35.8. The Kier molecular flexibility index (Phi) is 7.16. The molecule has 32 heavy (non-hydrogen) atoms. The normalized spacial score (nSPS) is 10.1. The Morgan fingerprint density at radius 1 is 1.00 bits per heavy atom. The molecule has 0 aliphatic heterocycles. The number of nitro groups is 1. The van der Waals surface area contributed by atoms with Gasteiger partial charge in [0.2, 0.25) is 0 Å². The molecule has 0 fully saturated rings. The van der Waals surface area contributed by atoms with Gasteiger partial charge in [-0.2, -0.15) is 5.26 Å². The summed E-state index contributed by atoms with van der Waals surface area (Å²) >= 11 is 5.80. The van der Waals surface area contributed by atoms with Crippen LogP contribution < -0.4 is 4.74 Å². The predicted octanol–water partition coefficient (Wildman–Crippen LogP) is 4.59. The first-order valence-corrected chi connectivity index (χ1v) is 9.66. The average Bonchev–Trinajstić information content (AvgIpc) is 2.81. The van der Waals surface area contributed by atoms with Crippen LogP contribution in [0.2, 0.25) is 5.02 Å². The fourth-order valence-corrected chi connectivity index (χ4v) is 2.99. The highest BCUT2D eigenvalue weighted by molar-refractivity contribution is 6.33. The highest BCUT2D eigenvalue weighted by Crippen LogP contribution is 2.27. The molecule has 0 bridgehead atoms. The molecule has 0 N–H and O–H groups in total. The maximum Gasteiger partial charge on any atom is 0.339 e. The third kappa shape index (κ3) is 5.28. The molecule has 8 nitrogen and oxygen atoms in total. The largest absolute Gasteiger partial charge is 0.490 e. The van der Waals surface area contributed by atoms with Crippen LogP contribution in [-0.4, -0.2) is 29.9 Å². The number of halogens is 1. The molecule has 0 aromatic heterocycles. The Bertz CT molecular complexity index is 1220. The number of rotatable bonds is 8. The topological polar surface area (TPSA) is 120 Å². The zero-order chi connectivity index (χ0) is 23.1. The van der Waals surface area contributed by atoms with E-state index in [0.717, 1.165) is 6.07 Å². The molecule has 0 radical (unpaired) electrons. The van der Waals surface area contributed by atoms with Crippen LogP contribution in [0.3, 0.4) is 0 Å². The minimum absolute atomic E-state index is 0.0190. The first-order chi connectivity index (χ1) is 15.4. The van der Waals surface area contributed by atoms with E-state index in [9.17, 15) is 19.7 Å². The number of carbonyl (C=O) groups is 2. The van der Waals surface area contributed by atoms with E-state index in [-0.39, 0.29) is 34.9 Å². The highest BCUT2D eigenvalue weighted by atomic mass is 35.5. The van der Waals surface area contributed by atoms with Crippen molar-refractivity contribution in [3.05, 3.63) is 104 Å². The van der Waals surface area contributed by atoms with E-state index < -0.39 is 22.4 Å². The number of ether oxygens (including phenoxy) is 2. The molecule has 0 saturated heterocycles. The van der Waals surface area contributed by atoms with E-state index in [4.69, 9.17) is 26.3 Å². The van der Waals surface area contributed by atoms with Crippen molar-refractivity contribution in [2.45, 2.75) is 0 Å². The van der Waals surface area contributed by atoms with Crippen molar-refractivity contribution in [2.24, 2.45) is 0 Å². The van der Waals surface area contributed by atoms with Crippen molar-refractivity contribution in [2.75, 3.05) is 13.2 Å². The van der Waals surface area contributed by atoms with Gasteiger partial charge >= 0.3 is 5.97 Å². The first-order valence-electron chi connectivity index (χ1n) is 9.28. The molecule has 160 valence electrons. The van der Waals surface area contributed by atoms with Crippen LogP contribution in [0.25, 0.3) is 0 Å². The zero-order valence-electron chi connectivity index (χ0n) is 16.5. The molecule has 9 heteroatoms. The fraction of sp³-hybridized carbons (Fsp3) is 0.0870. The third-order valence-corrected chi connectivity index (χ3v) is 4.68. The van der Waals surface area contributed by atoms with Gasteiger partial charge in [0.15, 0.2) is 5.78 Å². The summed E-state index contributed by atoms with van der Waals surface area (Å²) in [6.07, 6.45) is 0. The molecule has 3 aromatic rings. The van der Waals surface area contributed by atoms with Crippen molar-refractivity contribution in [1.29, 1.82) is 5.26 Å². The van der Waals surface area contributed by atoms with Crippen molar-refractivity contribution in [3.63, 3.8) is 0 Å². The van der Waals surface area contributed by atoms with Gasteiger partial charge in [-0.05, 0) is 42.5 Å². The average molecular weight is 451 g/mol. The molecular weight excluding hydrogens is 436 g/mol. The molecule has 0 amide bonds. The second-order valence-electron chi connectivity index (χ2n) is 6.42. The number of esters is 1. The third-order valence-electron chi connectivity index (χ3n) is 4.37. The van der Waals surface area contributed by atoms with Gasteiger partial charge < -0.3 is 9.47 Å². The summed E-state index contributed by atoms with van der Waals surface area (Å²) in [6.45, 7) is -0.00902. The van der Waals surface area contributed by atoms with Gasteiger partial charge in [0.1, 0.15) is 24.0 Å². The van der Waals surface area contributed by atoms with E-state index in [2.05, 4.69) is 0 Å².